The minimum absolute atomic E-state index is 0.0952. The van der Waals surface area contributed by atoms with Crippen molar-refractivity contribution in [2.75, 3.05) is 30.4 Å². The number of ether oxygens (including phenoxy) is 2. The van der Waals surface area contributed by atoms with Gasteiger partial charge in [0.2, 0.25) is 5.91 Å². The first-order valence-electron chi connectivity index (χ1n) is 9.05. The predicted octanol–water partition coefficient (Wildman–Crippen LogP) is 3.91. The fourth-order valence-corrected chi connectivity index (χ4v) is 2.94. The average Bonchev–Trinajstić information content (AvgIpc) is 3.15. The van der Waals surface area contributed by atoms with E-state index in [1.165, 1.54) is 0 Å². The summed E-state index contributed by atoms with van der Waals surface area (Å²) in [6.45, 7) is 5.63. The largest absolute Gasteiger partial charge is 0.491 e. The topological polar surface area (TPSA) is 59.6 Å². The van der Waals surface area contributed by atoms with Crippen LogP contribution < -0.4 is 15.4 Å². The summed E-state index contributed by atoms with van der Waals surface area (Å²) in [5, 5.41) is 6.09. The Morgan fingerprint density at radius 3 is 2.92 bits per heavy atom. The van der Waals surface area contributed by atoms with Gasteiger partial charge in [0, 0.05) is 24.0 Å². The smallest absolute Gasteiger partial charge is 0.243 e. The molecule has 1 saturated heterocycles. The lowest BCUT2D eigenvalue weighted by molar-refractivity contribution is -0.114. The number of hydrogen-bond donors (Lipinski definition) is 2. The van der Waals surface area contributed by atoms with Gasteiger partial charge in [0.05, 0.1) is 12.6 Å². The van der Waals surface area contributed by atoms with Crippen LogP contribution in [0.4, 0.5) is 11.4 Å². The molecule has 2 N–H and O–H groups in total. The Kier molecular flexibility index (Phi) is 6.12. The third kappa shape index (κ3) is 5.23. The Hall–Kier alpha value is -2.53. The van der Waals surface area contributed by atoms with E-state index in [1.54, 1.807) is 0 Å². The number of amides is 1. The van der Waals surface area contributed by atoms with Crippen molar-refractivity contribution in [3.05, 3.63) is 53.6 Å². The molecule has 5 heteroatoms. The second kappa shape index (κ2) is 8.72. The third-order valence-corrected chi connectivity index (χ3v) is 4.41. The average molecular weight is 354 g/mol. The van der Waals surface area contributed by atoms with Gasteiger partial charge in [0.25, 0.3) is 0 Å². The standard InChI is InChI=1S/C21H26N2O3/c1-15-8-9-16(2)20(11-15)22-13-21(24)23-17-5-3-6-18(12-17)26-14-19-7-4-10-25-19/h3,5-6,8-9,11-12,19,22H,4,7,10,13-14H2,1-2H3,(H,23,24). The van der Waals surface area contributed by atoms with E-state index in [0.29, 0.717) is 6.61 Å². The van der Waals surface area contributed by atoms with Gasteiger partial charge in [-0.15, -0.1) is 0 Å². The second-order valence-electron chi connectivity index (χ2n) is 6.69. The number of nitrogens with one attached hydrogen (secondary N) is 2. The van der Waals surface area contributed by atoms with Gasteiger partial charge < -0.3 is 20.1 Å². The van der Waals surface area contributed by atoms with Gasteiger partial charge in [-0.25, -0.2) is 0 Å². The van der Waals surface area contributed by atoms with Crippen molar-refractivity contribution >= 4 is 17.3 Å². The fourth-order valence-electron chi connectivity index (χ4n) is 2.94. The first-order valence-corrected chi connectivity index (χ1v) is 9.05. The van der Waals surface area contributed by atoms with Crippen LogP contribution in [0.5, 0.6) is 5.75 Å². The van der Waals surface area contributed by atoms with Gasteiger partial charge >= 0.3 is 0 Å². The fraction of sp³-hybridized carbons (Fsp3) is 0.381. The van der Waals surface area contributed by atoms with Crippen molar-refractivity contribution in [1.29, 1.82) is 0 Å². The number of rotatable bonds is 7. The molecule has 3 rings (SSSR count). The second-order valence-corrected chi connectivity index (χ2v) is 6.69. The van der Waals surface area contributed by atoms with E-state index in [-0.39, 0.29) is 18.6 Å². The molecule has 26 heavy (non-hydrogen) atoms. The molecule has 1 heterocycles. The maximum Gasteiger partial charge on any atom is 0.243 e. The van der Waals surface area contributed by atoms with E-state index in [2.05, 4.69) is 16.7 Å². The maximum atomic E-state index is 12.2. The Bertz CT molecular complexity index is 755. The lowest BCUT2D eigenvalue weighted by Gasteiger charge is -2.13. The molecule has 2 aromatic rings. The van der Waals surface area contributed by atoms with Gasteiger partial charge in [-0.2, -0.15) is 0 Å². The van der Waals surface area contributed by atoms with Crippen molar-refractivity contribution in [2.45, 2.75) is 32.8 Å². The highest BCUT2D eigenvalue weighted by Crippen LogP contribution is 2.20. The van der Waals surface area contributed by atoms with Gasteiger partial charge in [0.15, 0.2) is 0 Å². The van der Waals surface area contributed by atoms with E-state index in [4.69, 9.17) is 9.47 Å². The SMILES string of the molecule is Cc1ccc(C)c(NCC(=O)Nc2cccc(OCC3CCCO3)c2)c1. The molecule has 0 aromatic heterocycles. The summed E-state index contributed by atoms with van der Waals surface area (Å²) in [4.78, 5) is 12.2. The predicted molar refractivity (Wildman–Crippen MR) is 104 cm³/mol. The number of carbonyl (C=O) groups is 1. The monoisotopic (exact) mass is 354 g/mol. The highest BCUT2D eigenvalue weighted by Gasteiger charge is 2.16. The van der Waals surface area contributed by atoms with Crippen LogP contribution in [0.1, 0.15) is 24.0 Å². The van der Waals surface area contributed by atoms with Gasteiger partial charge in [0.1, 0.15) is 12.4 Å². The zero-order valence-electron chi connectivity index (χ0n) is 15.4. The normalized spacial score (nSPS) is 16.3. The van der Waals surface area contributed by atoms with Crippen LogP contribution in [0, 0.1) is 13.8 Å². The van der Waals surface area contributed by atoms with Crippen LogP contribution in [0.2, 0.25) is 0 Å². The van der Waals surface area contributed by atoms with Crippen molar-refractivity contribution in [2.24, 2.45) is 0 Å². The molecule has 138 valence electrons. The molecule has 0 radical (unpaired) electrons. The third-order valence-electron chi connectivity index (χ3n) is 4.41. The summed E-state index contributed by atoms with van der Waals surface area (Å²) < 4.78 is 11.3. The van der Waals surface area contributed by atoms with E-state index >= 15 is 0 Å². The molecule has 0 aliphatic carbocycles. The van der Waals surface area contributed by atoms with E-state index < -0.39 is 0 Å². The summed E-state index contributed by atoms with van der Waals surface area (Å²) in [6, 6.07) is 13.6. The van der Waals surface area contributed by atoms with E-state index in [1.807, 2.05) is 50.2 Å². The number of aryl methyl sites for hydroxylation is 2. The maximum absolute atomic E-state index is 12.2. The van der Waals surface area contributed by atoms with Crippen molar-refractivity contribution in [3.8, 4) is 5.75 Å². The zero-order chi connectivity index (χ0) is 18.4. The van der Waals surface area contributed by atoms with Crippen LogP contribution in [0.25, 0.3) is 0 Å². The quantitative estimate of drug-likeness (QED) is 0.791. The molecule has 0 bridgehead atoms. The molecular formula is C21H26N2O3. The van der Waals surface area contributed by atoms with Crippen LogP contribution in [-0.2, 0) is 9.53 Å². The summed E-state index contributed by atoms with van der Waals surface area (Å²) in [5.74, 6) is 0.642. The molecule has 0 saturated carbocycles. The summed E-state index contributed by atoms with van der Waals surface area (Å²) in [6.07, 6.45) is 2.31. The molecule has 5 nitrogen and oxygen atoms in total. The minimum Gasteiger partial charge on any atom is -0.491 e. The van der Waals surface area contributed by atoms with E-state index in [0.717, 1.165) is 47.7 Å². The molecular weight excluding hydrogens is 328 g/mol. The Labute approximate surface area is 154 Å². The molecule has 2 aromatic carbocycles. The summed E-state index contributed by atoms with van der Waals surface area (Å²) in [5.41, 5.74) is 3.99. The van der Waals surface area contributed by atoms with Crippen molar-refractivity contribution in [1.82, 2.24) is 0 Å². The van der Waals surface area contributed by atoms with Gasteiger partial charge in [-0.1, -0.05) is 18.2 Å². The molecule has 1 fully saturated rings. The van der Waals surface area contributed by atoms with Crippen LogP contribution in [0.15, 0.2) is 42.5 Å². The van der Waals surface area contributed by atoms with Crippen molar-refractivity contribution < 1.29 is 14.3 Å². The Morgan fingerprint density at radius 2 is 2.12 bits per heavy atom. The number of hydrogen-bond acceptors (Lipinski definition) is 4. The lowest BCUT2D eigenvalue weighted by Crippen LogP contribution is -2.22. The van der Waals surface area contributed by atoms with E-state index in [9.17, 15) is 4.79 Å². The minimum atomic E-state index is -0.0952. The van der Waals surface area contributed by atoms with Crippen molar-refractivity contribution in [3.63, 3.8) is 0 Å². The van der Waals surface area contributed by atoms with Gasteiger partial charge in [-0.3, -0.25) is 4.79 Å². The number of carbonyl (C=O) groups excluding carboxylic acids is 1. The first-order chi connectivity index (χ1) is 12.6. The van der Waals surface area contributed by atoms with Crippen LogP contribution in [-0.4, -0.2) is 31.8 Å². The molecule has 1 atom stereocenters. The lowest BCUT2D eigenvalue weighted by atomic mass is 10.1. The summed E-state index contributed by atoms with van der Waals surface area (Å²) >= 11 is 0. The molecule has 1 unspecified atom stereocenters. The molecule has 1 aliphatic rings. The Balaban J connectivity index is 1.50. The molecule has 1 amide bonds. The molecule has 0 spiro atoms. The Morgan fingerprint density at radius 1 is 1.23 bits per heavy atom. The highest BCUT2D eigenvalue weighted by atomic mass is 16.5. The van der Waals surface area contributed by atoms with Crippen LogP contribution in [0.3, 0.4) is 0 Å². The highest BCUT2D eigenvalue weighted by molar-refractivity contribution is 5.94. The number of benzene rings is 2. The zero-order valence-corrected chi connectivity index (χ0v) is 15.4. The first kappa shape index (κ1) is 18.3. The van der Waals surface area contributed by atoms with Crippen LogP contribution >= 0.6 is 0 Å². The number of anilines is 2. The van der Waals surface area contributed by atoms with Gasteiger partial charge in [-0.05, 0) is 56.0 Å². The molecule has 1 aliphatic heterocycles. The summed E-state index contributed by atoms with van der Waals surface area (Å²) in [7, 11) is 0.